The largest absolute Gasteiger partial charge is 0.352 e. The number of nitrogens with zero attached hydrogens (tertiary/aromatic N) is 2. The van der Waals surface area contributed by atoms with Gasteiger partial charge in [-0.25, -0.2) is 9.18 Å². The summed E-state index contributed by atoms with van der Waals surface area (Å²) >= 11 is 0. The third-order valence-corrected chi connectivity index (χ3v) is 4.54. The summed E-state index contributed by atoms with van der Waals surface area (Å²) in [6, 6.07) is 9.97. The number of pyridine rings is 1. The van der Waals surface area contributed by atoms with Crippen LogP contribution in [-0.2, 0) is 17.8 Å². The molecule has 27 heavy (non-hydrogen) atoms. The van der Waals surface area contributed by atoms with Gasteiger partial charge in [0.25, 0.3) is 0 Å². The van der Waals surface area contributed by atoms with E-state index in [1.54, 1.807) is 35.5 Å². The summed E-state index contributed by atoms with van der Waals surface area (Å²) in [6.45, 7) is 1.15. The van der Waals surface area contributed by atoms with E-state index in [4.69, 9.17) is 0 Å². The SMILES string of the molecule is O=C1CCC(CN(Cc2cccnc2)C(=O)NCCc2ccccc2F)N1. The first-order valence-corrected chi connectivity index (χ1v) is 9.06. The lowest BCUT2D eigenvalue weighted by molar-refractivity contribution is -0.119. The number of aromatic nitrogens is 1. The Bertz CT molecular complexity index is 785. The van der Waals surface area contributed by atoms with E-state index < -0.39 is 0 Å². The van der Waals surface area contributed by atoms with E-state index in [9.17, 15) is 14.0 Å². The fourth-order valence-corrected chi connectivity index (χ4v) is 3.13. The van der Waals surface area contributed by atoms with Gasteiger partial charge in [-0.1, -0.05) is 24.3 Å². The number of urea groups is 1. The van der Waals surface area contributed by atoms with Crippen molar-refractivity contribution in [2.75, 3.05) is 13.1 Å². The molecule has 7 heteroatoms. The van der Waals surface area contributed by atoms with Crippen LogP contribution < -0.4 is 10.6 Å². The molecule has 3 rings (SSSR count). The molecular weight excluding hydrogens is 347 g/mol. The zero-order chi connectivity index (χ0) is 19.1. The highest BCUT2D eigenvalue weighted by molar-refractivity contribution is 5.79. The minimum absolute atomic E-state index is 0.0151. The Morgan fingerprint density at radius 3 is 2.85 bits per heavy atom. The van der Waals surface area contributed by atoms with Gasteiger partial charge in [-0.15, -0.1) is 0 Å². The number of carbonyl (C=O) groups excluding carboxylic acids is 2. The number of nitrogens with one attached hydrogen (secondary N) is 2. The lowest BCUT2D eigenvalue weighted by Crippen LogP contribution is -2.46. The van der Waals surface area contributed by atoms with Crippen LogP contribution in [0.2, 0.25) is 0 Å². The van der Waals surface area contributed by atoms with E-state index >= 15 is 0 Å². The maximum atomic E-state index is 13.7. The maximum absolute atomic E-state index is 13.7. The molecule has 0 spiro atoms. The molecule has 2 N–H and O–H groups in total. The molecule has 1 fully saturated rings. The molecule has 0 radical (unpaired) electrons. The van der Waals surface area contributed by atoms with E-state index in [1.165, 1.54) is 6.07 Å². The van der Waals surface area contributed by atoms with Gasteiger partial charge in [0.05, 0.1) is 0 Å². The first-order valence-electron chi connectivity index (χ1n) is 9.06. The predicted molar refractivity (Wildman–Crippen MR) is 99.3 cm³/mol. The molecule has 0 aliphatic carbocycles. The second kappa shape index (κ2) is 9.12. The summed E-state index contributed by atoms with van der Waals surface area (Å²) < 4.78 is 13.7. The highest BCUT2D eigenvalue weighted by Gasteiger charge is 2.25. The fourth-order valence-electron chi connectivity index (χ4n) is 3.13. The Balaban J connectivity index is 1.59. The van der Waals surface area contributed by atoms with Gasteiger partial charge in [-0.3, -0.25) is 9.78 Å². The average Bonchev–Trinajstić information content (AvgIpc) is 3.08. The fraction of sp³-hybridized carbons (Fsp3) is 0.350. The monoisotopic (exact) mass is 370 g/mol. The summed E-state index contributed by atoms with van der Waals surface area (Å²) in [7, 11) is 0. The summed E-state index contributed by atoms with van der Waals surface area (Å²) in [4.78, 5) is 29.9. The van der Waals surface area contributed by atoms with Crippen molar-refractivity contribution in [3.8, 4) is 0 Å². The van der Waals surface area contributed by atoms with Crippen LogP contribution in [0.3, 0.4) is 0 Å². The lowest BCUT2D eigenvalue weighted by atomic mass is 10.1. The molecule has 0 saturated carbocycles. The Kier molecular flexibility index (Phi) is 6.35. The molecule has 142 valence electrons. The Labute approximate surface area is 157 Å². The van der Waals surface area contributed by atoms with E-state index in [2.05, 4.69) is 15.6 Å². The van der Waals surface area contributed by atoms with Gasteiger partial charge in [0.1, 0.15) is 5.82 Å². The Morgan fingerprint density at radius 1 is 1.30 bits per heavy atom. The van der Waals surface area contributed by atoms with Crippen LogP contribution in [0, 0.1) is 5.82 Å². The normalized spacial score (nSPS) is 16.0. The maximum Gasteiger partial charge on any atom is 0.317 e. The van der Waals surface area contributed by atoms with Gasteiger partial charge in [0.2, 0.25) is 5.91 Å². The van der Waals surface area contributed by atoms with E-state index in [-0.39, 0.29) is 23.8 Å². The van der Waals surface area contributed by atoms with Crippen molar-refractivity contribution in [1.29, 1.82) is 0 Å². The molecule has 6 nitrogen and oxygen atoms in total. The summed E-state index contributed by atoms with van der Waals surface area (Å²) in [5, 5.41) is 5.74. The van der Waals surface area contributed by atoms with E-state index in [0.717, 1.165) is 5.56 Å². The van der Waals surface area contributed by atoms with Gasteiger partial charge < -0.3 is 15.5 Å². The zero-order valence-corrected chi connectivity index (χ0v) is 15.0. The van der Waals surface area contributed by atoms with Crippen LogP contribution in [0.1, 0.15) is 24.0 Å². The van der Waals surface area contributed by atoms with Crippen LogP contribution >= 0.6 is 0 Å². The quantitative estimate of drug-likeness (QED) is 0.785. The third-order valence-electron chi connectivity index (χ3n) is 4.54. The minimum atomic E-state index is -0.271. The van der Waals surface area contributed by atoms with E-state index in [1.807, 2.05) is 12.1 Å². The van der Waals surface area contributed by atoms with Gasteiger partial charge in [-0.2, -0.15) is 0 Å². The molecule has 3 amide bonds. The molecule has 0 bridgehead atoms. The standard InChI is InChI=1S/C20H23FN4O2/c21-18-6-2-1-5-16(18)9-11-23-20(27)25(13-15-4-3-10-22-12-15)14-17-7-8-19(26)24-17/h1-6,10,12,17H,7-9,11,13-14H2,(H,23,27)(H,24,26). The van der Waals surface area contributed by atoms with Crippen molar-refractivity contribution in [2.45, 2.75) is 31.8 Å². The lowest BCUT2D eigenvalue weighted by Gasteiger charge is -2.26. The summed E-state index contributed by atoms with van der Waals surface area (Å²) in [6.07, 6.45) is 5.01. The number of amides is 3. The molecule has 2 aromatic rings. The second-order valence-electron chi connectivity index (χ2n) is 6.62. The molecule has 1 unspecified atom stereocenters. The van der Waals surface area contributed by atoms with Crippen molar-refractivity contribution < 1.29 is 14.0 Å². The molecule has 1 aliphatic rings. The van der Waals surface area contributed by atoms with Crippen molar-refractivity contribution in [2.24, 2.45) is 0 Å². The number of rotatable bonds is 7. The first-order chi connectivity index (χ1) is 13.1. The predicted octanol–water partition coefficient (Wildman–Crippen LogP) is 2.25. The second-order valence-corrected chi connectivity index (χ2v) is 6.62. The zero-order valence-electron chi connectivity index (χ0n) is 15.0. The van der Waals surface area contributed by atoms with Gasteiger partial charge >= 0.3 is 6.03 Å². The number of hydrogen-bond donors (Lipinski definition) is 2. The molecular formula is C20H23FN4O2. The smallest absolute Gasteiger partial charge is 0.317 e. The van der Waals surface area contributed by atoms with Crippen molar-refractivity contribution >= 4 is 11.9 Å². The number of carbonyl (C=O) groups is 2. The molecule has 2 heterocycles. The van der Waals surface area contributed by atoms with Gasteiger partial charge in [-0.05, 0) is 36.1 Å². The van der Waals surface area contributed by atoms with E-state index in [0.29, 0.717) is 44.5 Å². The summed E-state index contributed by atoms with van der Waals surface area (Å²) in [5.74, 6) is -0.256. The van der Waals surface area contributed by atoms with Crippen LogP contribution in [0.15, 0.2) is 48.8 Å². The highest BCUT2D eigenvalue weighted by Crippen LogP contribution is 2.12. The number of benzene rings is 1. The Hall–Kier alpha value is -2.96. The van der Waals surface area contributed by atoms with Crippen molar-refractivity contribution in [1.82, 2.24) is 20.5 Å². The molecule has 1 atom stereocenters. The third kappa shape index (κ3) is 5.51. The minimum Gasteiger partial charge on any atom is -0.352 e. The van der Waals surface area contributed by atoms with Crippen molar-refractivity contribution in [3.05, 3.63) is 65.7 Å². The van der Waals surface area contributed by atoms with Crippen LogP contribution in [0.4, 0.5) is 9.18 Å². The van der Waals surface area contributed by atoms with Gasteiger partial charge in [0, 0.05) is 44.5 Å². The average molecular weight is 370 g/mol. The Morgan fingerprint density at radius 2 is 2.15 bits per heavy atom. The molecule has 1 aliphatic heterocycles. The number of halogens is 1. The van der Waals surface area contributed by atoms with Crippen molar-refractivity contribution in [3.63, 3.8) is 0 Å². The molecule has 1 aromatic heterocycles. The molecule has 1 saturated heterocycles. The first kappa shape index (κ1) is 18.8. The molecule has 1 aromatic carbocycles. The van der Waals surface area contributed by atoms with Crippen LogP contribution in [0.25, 0.3) is 0 Å². The number of hydrogen-bond acceptors (Lipinski definition) is 3. The van der Waals surface area contributed by atoms with Gasteiger partial charge in [0.15, 0.2) is 0 Å². The highest BCUT2D eigenvalue weighted by atomic mass is 19.1. The summed E-state index contributed by atoms with van der Waals surface area (Å²) in [5.41, 5.74) is 1.48. The topological polar surface area (TPSA) is 74.3 Å². The van der Waals surface area contributed by atoms with Crippen LogP contribution in [0.5, 0.6) is 0 Å². The van der Waals surface area contributed by atoms with Crippen LogP contribution in [-0.4, -0.2) is 41.0 Å².